The van der Waals surface area contributed by atoms with Gasteiger partial charge in [0.1, 0.15) is 5.78 Å². The highest BCUT2D eigenvalue weighted by Gasteiger charge is 2.27. The molecule has 1 heterocycles. The van der Waals surface area contributed by atoms with Gasteiger partial charge in [-0.05, 0) is 60.9 Å². The van der Waals surface area contributed by atoms with Gasteiger partial charge in [-0.15, -0.1) is 0 Å². The summed E-state index contributed by atoms with van der Waals surface area (Å²) in [7, 11) is 0. The Kier molecular flexibility index (Phi) is 6.03. The van der Waals surface area contributed by atoms with E-state index in [4.69, 9.17) is 0 Å². The maximum absolute atomic E-state index is 12.6. The molecule has 0 radical (unpaired) electrons. The van der Waals surface area contributed by atoms with E-state index in [9.17, 15) is 4.79 Å². The molecule has 3 nitrogen and oxygen atoms in total. The second-order valence-electron chi connectivity index (χ2n) is 6.15. The topological polar surface area (TPSA) is 34.9 Å². The third-order valence-electron chi connectivity index (χ3n) is 4.92. The number of aromatic nitrogens is 2. The van der Waals surface area contributed by atoms with Crippen LogP contribution in [0.25, 0.3) is 0 Å². The Morgan fingerprint density at radius 3 is 2.43 bits per heavy atom. The molecule has 1 aromatic rings. The van der Waals surface area contributed by atoms with Crippen molar-refractivity contribution in [2.75, 3.05) is 0 Å². The van der Waals surface area contributed by atoms with Gasteiger partial charge >= 0.3 is 0 Å². The smallest absolute Gasteiger partial charge is 0.141 e. The number of ketones is 1. The Hall–Kier alpha value is -0.640. The van der Waals surface area contributed by atoms with Crippen LogP contribution in [0, 0.1) is 11.8 Å². The van der Waals surface area contributed by atoms with E-state index < -0.39 is 0 Å². The molecule has 0 amide bonds. The lowest BCUT2D eigenvalue weighted by atomic mass is 9.78. The molecule has 118 valence electrons. The molecular formula is C17H27BrN2O. The van der Waals surface area contributed by atoms with Crippen molar-refractivity contribution in [2.24, 2.45) is 11.8 Å². The number of carbonyl (C=O) groups excluding carboxylic acids is 1. The van der Waals surface area contributed by atoms with Gasteiger partial charge in [0.15, 0.2) is 0 Å². The quantitative estimate of drug-likeness (QED) is 0.750. The summed E-state index contributed by atoms with van der Waals surface area (Å²) < 4.78 is 3.03. The van der Waals surface area contributed by atoms with Crippen molar-refractivity contribution in [2.45, 2.75) is 72.3 Å². The van der Waals surface area contributed by atoms with Crippen molar-refractivity contribution < 1.29 is 4.79 Å². The van der Waals surface area contributed by atoms with Gasteiger partial charge in [-0.3, -0.25) is 9.48 Å². The van der Waals surface area contributed by atoms with Crippen LogP contribution in [-0.4, -0.2) is 15.6 Å². The van der Waals surface area contributed by atoms with E-state index in [-0.39, 0.29) is 5.92 Å². The summed E-state index contributed by atoms with van der Waals surface area (Å²) in [6.45, 7) is 7.27. The highest BCUT2D eigenvalue weighted by molar-refractivity contribution is 9.10. The van der Waals surface area contributed by atoms with E-state index in [1.54, 1.807) is 0 Å². The molecule has 0 aromatic carbocycles. The Morgan fingerprint density at radius 1 is 1.24 bits per heavy atom. The minimum absolute atomic E-state index is 0.269. The van der Waals surface area contributed by atoms with E-state index in [2.05, 4.69) is 41.8 Å². The average Bonchev–Trinajstić information content (AvgIpc) is 2.83. The zero-order chi connectivity index (χ0) is 15.4. The Morgan fingerprint density at radius 2 is 1.90 bits per heavy atom. The summed E-state index contributed by atoms with van der Waals surface area (Å²) in [5, 5.41) is 4.59. The summed E-state index contributed by atoms with van der Waals surface area (Å²) >= 11 is 3.64. The van der Waals surface area contributed by atoms with Crippen LogP contribution in [0.3, 0.4) is 0 Å². The summed E-state index contributed by atoms with van der Waals surface area (Å²) in [6.07, 6.45) is 7.29. The first kappa shape index (κ1) is 16.7. The Labute approximate surface area is 136 Å². The molecule has 0 aliphatic heterocycles. The molecule has 0 bridgehead atoms. The predicted octanol–water partition coefficient (Wildman–Crippen LogP) is 4.56. The molecule has 21 heavy (non-hydrogen) atoms. The zero-order valence-corrected chi connectivity index (χ0v) is 15.1. The van der Waals surface area contributed by atoms with E-state index >= 15 is 0 Å². The maximum Gasteiger partial charge on any atom is 0.141 e. The number of Topliss-reactive ketones (excluding diaryl/α,β-unsaturated/α-hetero) is 1. The molecule has 1 fully saturated rings. The van der Waals surface area contributed by atoms with Crippen molar-refractivity contribution in [1.29, 1.82) is 0 Å². The van der Waals surface area contributed by atoms with Crippen LogP contribution in [0.5, 0.6) is 0 Å². The lowest BCUT2D eigenvalue weighted by Gasteiger charge is -2.26. The van der Waals surface area contributed by atoms with Gasteiger partial charge in [0, 0.05) is 18.9 Å². The van der Waals surface area contributed by atoms with Crippen molar-refractivity contribution in [3.63, 3.8) is 0 Å². The highest BCUT2D eigenvalue weighted by Crippen LogP contribution is 2.32. The molecular weight excluding hydrogens is 328 g/mol. The van der Waals surface area contributed by atoms with Crippen LogP contribution in [0.2, 0.25) is 0 Å². The second-order valence-corrected chi connectivity index (χ2v) is 6.94. The minimum atomic E-state index is 0.269. The maximum atomic E-state index is 12.6. The summed E-state index contributed by atoms with van der Waals surface area (Å²) in [6, 6.07) is 0. The van der Waals surface area contributed by atoms with E-state index in [1.165, 1.54) is 19.3 Å². The fourth-order valence-corrected chi connectivity index (χ4v) is 4.09. The minimum Gasteiger partial charge on any atom is -0.299 e. The zero-order valence-electron chi connectivity index (χ0n) is 13.5. The third-order valence-corrected chi connectivity index (χ3v) is 5.83. The Bertz CT molecular complexity index is 487. The van der Waals surface area contributed by atoms with Gasteiger partial charge in [0.05, 0.1) is 15.9 Å². The molecule has 2 rings (SSSR count). The number of hydrogen-bond donors (Lipinski definition) is 0. The monoisotopic (exact) mass is 354 g/mol. The number of rotatable bonds is 6. The molecule has 0 unspecified atom stereocenters. The van der Waals surface area contributed by atoms with Crippen molar-refractivity contribution >= 4 is 21.7 Å². The highest BCUT2D eigenvalue weighted by atomic mass is 79.9. The van der Waals surface area contributed by atoms with Crippen molar-refractivity contribution in [3.05, 3.63) is 15.9 Å². The fourth-order valence-electron chi connectivity index (χ4n) is 3.39. The summed E-state index contributed by atoms with van der Waals surface area (Å²) in [5.41, 5.74) is 2.13. The van der Waals surface area contributed by atoms with Crippen LogP contribution < -0.4 is 0 Å². The predicted molar refractivity (Wildman–Crippen MR) is 89.4 cm³/mol. The summed E-state index contributed by atoms with van der Waals surface area (Å²) in [5.74, 6) is 1.51. The SMILES string of the molecule is CCc1nn(CC)c(CC(=O)C2CCC(CC)CC2)c1Br. The molecule has 0 spiro atoms. The van der Waals surface area contributed by atoms with Gasteiger partial charge in [-0.1, -0.05) is 20.3 Å². The summed E-state index contributed by atoms with van der Waals surface area (Å²) in [4.78, 5) is 12.6. The van der Waals surface area contributed by atoms with Crippen molar-refractivity contribution in [1.82, 2.24) is 9.78 Å². The van der Waals surface area contributed by atoms with E-state index in [0.717, 1.165) is 47.6 Å². The van der Waals surface area contributed by atoms with Crippen LogP contribution in [0.15, 0.2) is 4.47 Å². The molecule has 0 atom stereocenters. The lowest BCUT2D eigenvalue weighted by Crippen LogP contribution is -2.24. The number of halogens is 1. The molecule has 4 heteroatoms. The van der Waals surface area contributed by atoms with Crippen LogP contribution in [0.4, 0.5) is 0 Å². The third kappa shape index (κ3) is 3.77. The normalized spacial score (nSPS) is 22.5. The molecule has 0 N–H and O–H groups in total. The van der Waals surface area contributed by atoms with Crippen molar-refractivity contribution in [3.8, 4) is 0 Å². The fraction of sp³-hybridized carbons (Fsp3) is 0.765. The molecule has 1 aromatic heterocycles. The second kappa shape index (κ2) is 7.57. The van der Waals surface area contributed by atoms with Gasteiger partial charge in [-0.25, -0.2) is 0 Å². The largest absolute Gasteiger partial charge is 0.299 e. The number of aryl methyl sites for hydroxylation is 2. The first-order valence-corrected chi connectivity index (χ1v) is 9.16. The van der Waals surface area contributed by atoms with Gasteiger partial charge < -0.3 is 0 Å². The van der Waals surface area contributed by atoms with Crippen LogP contribution in [0.1, 0.15) is 64.3 Å². The van der Waals surface area contributed by atoms with Gasteiger partial charge in [-0.2, -0.15) is 5.10 Å². The van der Waals surface area contributed by atoms with Crippen LogP contribution >= 0.6 is 15.9 Å². The lowest BCUT2D eigenvalue weighted by molar-refractivity contribution is -0.123. The number of nitrogens with zero attached hydrogens (tertiary/aromatic N) is 2. The average molecular weight is 355 g/mol. The Balaban J connectivity index is 2.04. The van der Waals surface area contributed by atoms with Gasteiger partial charge in [0.25, 0.3) is 0 Å². The van der Waals surface area contributed by atoms with E-state index in [1.807, 2.05) is 4.68 Å². The van der Waals surface area contributed by atoms with E-state index in [0.29, 0.717) is 12.2 Å². The van der Waals surface area contributed by atoms with Gasteiger partial charge in [0.2, 0.25) is 0 Å². The first-order valence-electron chi connectivity index (χ1n) is 8.37. The van der Waals surface area contributed by atoms with Crippen LogP contribution in [-0.2, 0) is 24.2 Å². The molecule has 1 aliphatic carbocycles. The molecule has 1 saturated carbocycles. The number of hydrogen-bond acceptors (Lipinski definition) is 2. The molecule has 1 aliphatic rings. The standard InChI is InChI=1S/C17H27BrN2O/c1-4-12-7-9-13(10-8-12)16(21)11-15-17(18)14(5-2)19-20(15)6-3/h12-13H,4-11H2,1-3H3. The molecule has 0 saturated heterocycles. The first-order chi connectivity index (χ1) is 10.1. The number of carbonyl (C=O) groups is 1.